The molecule has 0 aromatic heterocycles. The molecule has 0 bridgehead atoms. The van der Waals surface area contributed by atoms with Gasteiger partial charge in [0.15, 0.2) is 0 Å². The maximum Gasteiger partial charge on any atom is 0.490 e. The van der Waals surface area contributed by atoms with Crippen LogP contribution in [-0.4, -0.2) is 52.3 Å². The number of thioether (sulfide) groups is 1. The van der Waals surface area contributed by atoms with E-state index < -0.39 is 18.1 Å². The Bertz CT molecular complexity index is 462. The number of amides is 1. The lowest BCUT2D eigenvalue weighted by Crippen LogP contribution is -2.53. The number of ether oxygens (including phenoxy) is 1. The van der Waals surface area contributed by atoms with Gasteiger partial charge in [-0.25, -0.2) is 9.59 Å². The second-order valence-electron chi connectivity index (χ2n) is 3.64. The third-order valence-corrected chi connectivity index (χ3v) is 3.49. The number of rotatable bonds is 1. The average Bonchev–Trinajstić information content (AvgIpc) is 2.35. The van der Waals surface area contributed by atoms with Crippen molar-refractivity contribution in [2.45, 2.75) is 18.0 Å². The molecule has 20 heavy (non-hydrogen) atoms. The van der Waals surface area contributed by atoms with Crippen molar-refractivity contribution in [2.24, 2.45) is 0 Å². The quantitative estimate of drug-likeness (QED) is 0.574. The highest BCUT2D eigenvalue weighted by molar-refractivity contribution is 8.00. The van der Waals surface area contributed by atoms with Crippen LogP contribution >= 0.6 is 11.8 Å². The van der Waals surface area contributed by atoms with Gasteiger partial charge in [-0.1, -0.05) is 0 Å². The number of carbonyl (C=O) groups excluding carboxylic acids is 2. The number of halogens is 3. The number of hydrogen-bond acceptors (Lipinski definition) is 5. The Morgan fingerprint density at radius 2 is 2.05 bits per heavy atom. The van der Waals surface area contributed by atoms with Crippen molar-refractivity contribution in [1.29, 1.82) is 0 Å². The minimum atomic E-state index is -5.08. The molecule has 1 amide bonds. The van der Waals surface area contributed by atoms with Crippen LogP contribution in [0.5, 0.6) is 0 Å². The molecule has 2 heterocycles. The summed E-state index contributed by atoms with van der Waals surface area (Å²) in [7, 11) is 1.32. The summed E-state index contributed by atoms with van der Waals surface area (Å²) in [4.78, 5) is 32.8. The van der Waals surface area contributed by atoms with E-state index in [-0.39, 0.29) is 11.3 Å². The topological polar surface area (TPSA) is 83.9 Å². The van der Waals surface area contributed by atoms with Gasteiger partial charge in [0.25, 0.3) is 0 Å². The van der Waals surface area contributed by atoms with Gasteiger partial charge in [0, 0.05) is 5.75 Å². The fourth-order valence-corrected chi connectivity index (χ4v) is 2.55. The number of hydrogen-bond donors (Lipinski definition) is 1. The second-order valence-corrected chi connectivity index (χ2v) is 4.85. The first-order valence-electron chi connectivity index (χ1n) is 5.20. The summed E-state index contributed by atoms with van der Waals surface area (Å²) < 4.78 is 36.3. The lowest BCUT2D eigenvalue weighted by Gasteiger charge is -2.42. The molecule has 0 radical (unpaired) electrons. The number of esters is 1. The first-order valence-corrected chi connectivity index (χ1v) is 6.25. The average molecular weight is 313 g/mol. The van der Waals surface area contributed by atoms with Gasteiger partial charge in [-0.2, -0.15) is 13.2 Å². The number of carbonyl (C=O) groups is 3. The van der Waals surface area contributed by atoms with Gasteiger partial charge >= 0.3 is 18.1 Å². The Labute approximate surface area is 115 Å². The van der Waals surface area contributed by atoms with Crippen LogP contribution in [0.25, 0.3) is 0 Å². The number of carboxylic acid groups (broad SMARTS) is 1. The van der Waals surface area contributed by atoms with Crippen LogP contribution in [0.1, 0.15) is 6.42 Å². The molecule has 2 rings (SSSR count). The Balaban J connectivity index is 0.000000246. The van der Waals surface area contributed by atoms with Crippen molar-refractivity contribution in [2.75, 3.05) is 12.9 Å². The Morgan fingerprint density at radius 3 is 2.45 bits per heavy atom. The van der Waals surface area contributed by atoms with Crippen molar-refractivity contribution in [3.05, 3.63) is 11.8 Å². The van der Waals surface area contributed by atoms with Crippen molar-refractivity contribution in [3.63, 3.8) is 0 Å². The van der Waals surface area contributed by atoms with Gasteiger partial charge in [-0.3, -0.25) is 9.69 Å². The lowest BCUT2D eigenvalue weighted by atomic mass is 10.1. The summed E-state index contributed by atoms with van der Waals surface area (Å²) in [5.41, 5.74) is 0.405. The van der Waals surface area contributed by atoms with Crippen LogP contribution in [0.4, 0.5) is 13.2 Å². The van der Waals surface area contributed by atoms with E-state index in [1.165, 1.54) is 12.0 Å². The molecule has 6 nitrogen and oxygen atoms in total. The van der Waals surface area contributed by atoms with E-state index in [4.69, 9.17) is 9.90 Å². The molecule has 10 heteroatoms. The number of nitrogens with zero attached hydrogens (tertiary/aromatic N) is 1. The zero-order chi connectivity index (χ0) is 15.5. The second kappa shape index (κ2) is 6.16. The van der Waals surface area contributed by atoms with E-state index in [9.17, 15) is 22.8 Å². The first kappa shape index (κ1) is 16.3. The molecule has 0 aromatic carbocycles. The zero-order valence-corrected chi connectivity index (χ0v) is 11.0. The molecule has 0 saturated carbocycles. The third-order valence-electron chi connectivity index (χ3n) is 2.37. The Kier molecular flexibility index (Phi) is 5.03. The monoisotopic (exact) mass is 313 g/mol. The van der Waals surface area contributed by atoms with Crippen LogP contribution < -0.4 is 0 Å². The van der Waals surface area contributed by atoms with Crippen LogP contribution in [-0.2, 0) is 19.1 Å². The fourth-order valence-electron chi connectivity index (χ4n) is 1.43. The Morgan fingerprint density at radius 1 is 1.50 bits per heavy atom. The van der Waals surface area contributed by atoms with E-state index in [0.717, 1.165) is 5.75 Å². The summed E-state index contributed by atoms with van der Waals surface area (Å²) in [6.07, 6.45) is -2.80. The van der Waals surface area contributed by atoms with Gasteiger partial charge in [-0.15, -0.1) is 11.8 Å². The zero-order valence-electron chi connectivity index (χ0n) is 10.1. The molecule has 0 aliphatic carbocycles. The van der Waals surface area contributed by atoms with Gasteiger partial charge in [-0.05, 0) is 6.08 Å². The molecule has 0 spiro atoms. The molecule has 1 fully saturated rings. The van der Waals surface area contributed by atoms with E-state index in [0.29, 0.717) is 12.1 Å². The summed E-state index contributed by atoms with van der Waals surface area (Å²) >= 11 is 1.67. The van der Waals surface area contributed by atoms with Crippen molar-refractivity contribution in [3.8, 4) is 0 Å². The van der Waals surface area contributed by atoms with Gasteiger partial charge in [0.05, 0.1) is 18.9 Å². The molecule has 2 aliphatic rings. The molecular formula is C10H10F3NO5S. The number of carboxylic acids is 1. The molecule has 112 valence electrons. The fraction of sp³-hybridized carbons (Fsp3) is 0.500. The van der Waals surface area contributed by atoms with Crippen LogP contribution in [0.3, 0.4) is 0 Å². The number of β-lactam (4-membered cyclic amide) rings is 1. The number of alkyl halides is 3. The molecule has 1 N–H and O–H groups in total. The van der Waals surface area contributed by atoms with E-state index in [1.54, 1.807) is 17.8 Å². The molecule has 2 aliphatic heterocycles. The number of fused-ring (bicyclic) bond motifs is 1. The van der Waals surface area contributed by atoms with Crippen LogP contribution in [0.15, 0.2) is 11.8 Å². The molecule has 1 saturated heterocycles. The summed E-state index contributed by atoms with van der Waals surface area (Å²) in [6.45, 7) is 0. The highest BCUT2D eigenvalue weighted by atomic mass is 32.2. The standard InChI is InChI=1S/C8H9NO3S.C2HF3O2/c1-12-8(11)5-2-3-13-7-4-6(10)9(5)7;3-2(4,5)1(6)7/h2,7H,3-4H2,1H3;(H,6,7)/t7-;/m1./s1. The van der Waals surface area contributed by atoms with Crippen molar-refractivity contribution in [1.82, 2.24) is 4.90 Å². The van der Waals surface area contributed by atoms with Crippen molar-refractivity contribution < 1.29 is 37.4 Å². The maximum absolute atomic E-state index is 11.2. The largest absolute Gasteiger partial charge is 0.490 e. The first-order chi connectivity index (χ1) is 9.18. The summed E-state index contributed by atoms with van der Waals surface area (Å²) in [6, 6.07) is 0. The third kappa shape index (κ3) is 3.65. The molecular weight excluding hydrogens is 303 g/mol. The normalized spacial score (nSPS) is 20.8. The van der Waals surface area contributed by atoms with Crippen LogP contribution in [0, 0.1) is 0 Å². The number of methoxy groups -OCH3 is 1. The van der Waals surface area contributed by atoms with Gasteiger partial charge in [0.2, 0.25) is 5.91 Å². The summed E-state index contributed by atoms with van der Waals surface area (Å²) in [5, 5.41) is 7.28. The molecule has 0 aromatic rings. The molecule has 1 atom stereocenters. The van der Waals surface area contributed by atoms with E-state index in [1.807, 2.05) is 0 Å². The minimum absolute atomic E-state index is 0.00819. The number of aliphatic carboxylic acids is 1. The predicted octanol–water partition coefficient (Wildman–Crippen LogP) is 0.982. The molecule has 0 unspecified atom stereocenters. The van der Waals surface area contributed by atoms with Gasteiger partial charge in [0.1, 0.15) is 5.70 Å². The smallest absolute Gasteiger partial charge is 0.475 e. The minimum Gasteiger partial charge on any atom is -0.475 e. The van der Waals surface area contributed by atoms with Crippen LogP contribution in [0.2, 0.25) is 0 Å². The predicted molar refractivity (Wildman–Crippen MR) is 61.5 cm³/mol. The summed E-state index contributed by atoms with van der Waals surface area (Å²) in [5.74, 6) is -2.39. The Hall–Kier alpha value is -1.71. The van der Waals surface area contributed by atoms with Gasteiger partial charge < -0.3 is 9.84 Å². The maximum atomic E-state index is 11.2. The highest BCUT2D eigenvalue weighted by Crippen LogP contribution is 2.36. The van der Waals surface area contributed by atoms with E-state index in [2.05, 4.69) is 4.74 Å². The van der Waals surface area contributed by atoms with Crippen molar-refractivity contribution >= 4 is 29.6 Å². The lowest BCUT2D eigenvalue weighted by molar-refractivity contribution is -0.192. The highest BCUT2D eigenvalue weighted by Gasteiger charge is 2.43. The van der Waals surface area contributed by atoms with E-state index >= 15 is 0 Å². The SMILES string of the molecule is COC(=O)C1=CCS[C@@H]2CC(=O)N12.O=C(O)C(F)(F)F.